The van der Waals surface area contributed by atoms with Crippen molar-refractivity contribution in [2.45, 2.75) is 212 Å². The van der Waals surface area contributed by atoms with Crippen molar-refractivity contribution in [1.29, 1.82) is 0 Å². The van der Waals surface area contributed by atoms with Gasteiger partial charge in [-0.05, 0) is 13.8 Å². The molecule has 0 saturated carbocycles. The summed E-state index contributed by atoms with van der Waals surface area (Å²) in [5.74, 6) is 1.62. The highest BCUT2D eigenvalue weighted by Gasteiger charge is 2.10. The zero-order valence-electron chi connectivity index (χ0n) is 36.8. The van der Waals surface area contributed by atoms with Gasteiger partial charge in [-0.1, -0.05) is 180 Å². The van der Waals surface area contributed by atoms with Crippen LogP contribution in [0.3, 0.4) is 0 Å². The van der Waals surface area contributed by atoms with E-state index in [1.807, 2.05) is 179 Å². The molecule has 4 rings (SSSR count). The van der Waals surface area contributed by atoms with Crippen LogP contribution in [0.25, 0.3) is 0 Å². The molecule has 4 aliphatic heterocycles. The standard InChI is InChI=1S/2C4H7N.C4H8O.C3H7N.12C2H6/c1-4-2-5-3-4;1-4-2-3-5-4;1-4-2-5-3-4;1-3-2-4-3;12*1-2/h2,4H,3H2,1H3;3-4H,2H2,1H3;4H,2-3H2,1H3;3-4H,2H2,1H3;12*1-2H3. The fourth-order valence-electron chi connectivity index (χ4n) is 1.10. The Labute approximate surface area is 282 Å². The molecule has 0 aromatic carbocycles. The van der Waals surface area contributed by atoms with Crippen LogP contribution >= 0.6 is 0 Å². The second-order valence-electron chi connectivity index (χ2n) is 5.86. The van der Waals surface area contributed by atoms with Crippen molar-refractivity contribution < 1.29 is 4.74 Å². The second kappa shape index (κ2) is 135. The van der Waals surface area contributed by atoms with Crippen molar-refractivity contribution in [2.75, 3.05) is 26.3 Å². The zero-order chi connectivity index (χ0) is 38.1. The molecule has 1 N–H and O–H groups in total. The lowest BCUT2D eigenvalue weighted by Gasteiger charge is -2.20. The number of nitrogens with one attached hydrogen (secondary N) is 1. The molecule has 278 valence electrons. The van der Waals surface area contributed by atoms with Gasteiger partial charge in [0.05, 0.1) is 19.3 Å². The van der Waals surface area contributed by atoms with E-state index in [2.05, 4.69) is 43.0 Å². The maximum Gasteiger partial charge on any atom is 0.0516 e. The van der Waals surface area contributed by atoms with Crippen LogP contribution in [-0.4, -0.2) is 50.8 Å². The first-order valence-corrected chi connectivity index (χ1v) is 19.4. The fourth-order valence-corrected chi connectivity index (χ4v) is 1.10. The first kappa shape index (κ1) is 78.6. The lowest BCUT2D eigenvalue weighted by Crippen LogP contribution is -2.23. The first-order valence-electron chi connectivity index (χ1n) is 19.4. The Morgan fingerprint density at radius 3 is 0.698 bits per heavy atom. The summed E-state index contributed by atoms with van der Waals surface area (Å²) < 4.78 is 4.83. The molecule has 2 saturated heterocycles. The number of ether oxygens (including phenoxy) is 1. The molecule has 0 aromatic rings. The number of aliphatic imine (C=N–C) groups is 2. The molecule has 0 aromatic heterocycles. The van der Waals surface area contributed by atoms with E-state index in [0.29, 0.717) is 6.04 Å². The average molecular weight is 628 g/mol. The molecule has 3 atom stereocenters. The minimum Gasteiger partial charge on any atom is -0.381 e. The third-order valence-electron chi connectivity index (χ3n) is 2.98. The quantitative estimate of drug-likeness (QED) is 0.272. The van der Waals surface area contributed by atoms with E-state index in [1.165, 1.54) is 13.0 Å². The molecular weight excluding hydrogens is 526 g/mol. The van der Waals surface area contributed by atoms with Gasteiger partial charge in [-0.3, -0.25) is 9.98 Å². The van der Waals surface area contributed by atoms with Gasteiger partial charge in [0.1, 0.15) is 0 Å². The molecule has 0 bridgehead atoms. The summed E-state index contributed by atoms with van der Waals surface area (Å²) in [6.45, 7) is 60.9. The Bertz CT molecular complexity index is 270. The van der Waals surface area contributed by atoms with Gasteiger partial charge in [0.2, 0.25) is 0 Å². The van der Waals surface area contributed by atoms with E-state index in [0.717, 1.165) is 37.6 Å². The lowest BCUT2D eigenvalue weighted by molar-refractivity contribution is -0.0221. The van der Waals surface area contributed by atoms with Gasteiger partial charge in [0.15, 0.2) is 0 Å². The molecule has 0 radical (unpaired) electrons. The van der Waals surface area contributed by atoms with Crippen molar-refractivity contribution in [3.8, 4) is 0 Å². The van der Waals surface area contributed by atoms with Gasteiger partial charge >= 0.3 is 0 Å². The van der Waals surface area contributed by atoms with Gasteiger partial charge in [-0.2, -0.15) is 0 Å². The SMILES string of the molecule is CC.CC.CC.CC.CC.CC.CC.CC.CC.CC.CC.CC.CC1C=NC1.CC1CC=N1.CC1CN1.CC1COC1. The van der Waals surface area contributed by atoms with Gasteiger partial charge in [0, 0.05) is 49.8 Å². The molecule has 4 heterocycles. The van der Waals surface area contributed by atoms with Crippen molar-refractivity contribution in [3.63, 3.8) is 0 Å². The van der Waals surface area contributed by atoms with Gasteiger partial charge < -0.3 is 10.1 Å². The van der Waals surface area contributed by atoms with Gasteiger partial charge in [-0.15, -0.1) is 0 Å². The van der Waals surface area contributed by atoms with Crippen LogP contribution in [0.2, 0.25) is 0 Å². The summed E-state index contributed by atoms with van der Waals surface area (Å²) in [6.07, 6.45) is 5.12. The van der Waals surface area contributed by atoms with Crippen molar-refractivity contribution in [1.82, 2.24) is 5.32 Å². The molecule has 43 heavy (non-hydrogen) atoms. The summed E-state index contributed by atoms with van der Waals surface area (Å²) >= 11 is 0. The Morgan fingerprint density at radius 1 is 0.535 bits per heavy atom. The highest BCUT2D eigenvalue weighted by molar-refractivity contribution is 5.65. The summed E-state index contributed by atoms with van der Waals surface area (Å²) in [4.78, 5) is 7.82. The highest BCUT2D eigenvalue weighted by Crippen LogP contribution is 2.05. The molecule has 4 aliphatic rings. The number of hydrogen-bond acceptors (Lipinski definition) is 4. The summed E-state index contributed by atoms with van der Waals surface area (Å²) in [5.41, 5.74) is 0. The topological polar surface area (TPSA) is 55.9 Å². The summed E-state index contributed by atoms with van der Waals surface area (Å²) in [7, 11) is 0. The number of nitrogens with zero attached hydrogens (tertiary/aromatic N) is 2. The molecule has 4 nitrogen and oxygen atoms in total. The minimum absolute atomic E-state index is 0.634. The van der Waals surface area contributed by atoms with Crippen LogP contribution in [-0.2, 0) is 4.74 Å². The van der Waals surface area contributed by atoms with Gasteiger partial charge in [0.25, 0.3) is 0 Å². The van der Waals surface area contributed by atoms with Crippen LogP contribution in [0.1, 0.15) is 200 Å². The third kappa shape index (κ3) is 155. The van der Waals surface area contributed by atoms with Crippen LogP contribution in [0.4, 0.5) is 0 Å². The Balaban J connectivity index is -0.0000000245. The molecule has 4 heteroatoms. The third-order valence-corrected chi connectivity index (χ3v) is 2.98. The molecule has 2 fully saturated rings. The van der Waals surface area contributed by atoms with Crippen LogP contribution in [0.5, 0.6) is 0 Å². The number of rotatable bonds is 0. The Hall–Kier alpha value is -0.740. The van der Waals surface area contributed by atoms with E-state index in [4.69, 9.17) is 4.74 Å². The number of hydrogen-bond donors (Lipinski definition) is 1. The van der Waals surface area contributed by atoms with Crippen molar-refractivity contribution in [2.24, 2.45) is 21.8 Å². The highest BCUT2D eigenvalue weighted by atomic mass is 16.5. The normalized spacial score (nSPS) is 16.1. The fraction of sp³-hybridized carbons (Fsp3) is 0.949. The van der Waals surface area contributed by atoms with E-state index in [-0.39, 0.29) is 0 Å². The smallest absolute Gasteiger partial charge is 0.0516 e. The molecule has 3 unspecified atom stereocenters. The largest absolute Gasteiger partial charge is 0.381 e. The summed E-state index contributed by atoms with van der Waals surface area (Å²) in [5, 5.41) is 3.10. The predicted octanol–water partition coefficient (Wildman–Crippen LogP) is 14.5. The monoisotopic (exact) mass is 628 g/mol. The van der Waals surface area contributed by atoms with E-state index in [1.54, 1.807) is 0 Å². The van der Waals surface area contributed by atoms with E-state index in [9.17, 15) is 0 Å². The van der Waals surface area contributed by atoms with Crippen LogP contribution in [0, 0.1) is 11.8 Å². The second-order valence-corrected chi connectivity index (χ2v) is 5.86. The Kier molecular flexibility index (Phi) is 247. The zero-order valence-corrected chi connectivity index (χ0v) is 36.8. The molecule has 0 amide bonds. The first-order chi connectivity index (χ1) is 21.1. The maximum absolute atomic E-state index is 4.83. The molecule has 0 spiro atoms. The maximum atomic E-state index is 4.83. The Morgan fingerprint density at radius 2 is 0.698 bits per heavy atom. The van der Waals surface area contributed by atoms with E-state index >= 15 is 0 Å². The average Bonchev–Trinajstić information content (AvgIpc) is 3.91. The predicted molar refractivity (Wildman–Crippen MR) is 219 cm³/mol. The van der Waals surface area contributed by atoms with E-state index < -0.39 is 0 Å². The van der Waals surface area contributed by atoms with Crippen LogP contribution in [0.15, 0.2) is 9.98 Å². The summed E-state index contributed by atoms with van der Waals surface area (Å²) in [6, 6.07) is 1.47. The molecule has 0 aliphatic carbocycles. The lowest BCUT2D eigenvalue weighted by atomic mass is 10.1. The molecular formula is C39H101N3O. The van der Waals surface area contributed by atoms with Crippen LogP contribution < -0.4 is 5.32 Å². The van der Waals surface area contributed by atoms with Crippen molar-refractivity contribution in [3.05, 3.63) is 0 Å². The minimum atomic E-state index is 0.634. The van der Waals surface area contributed by atoms with Crippen molar-refractivity contribution >= 4 is 12.4 Å². The van der Waals surface area contributed by atoms with Gasteiger partial charge in [-0.25, -0.2) is 0 Å².